The van der Waals surface area contributed by atoms with E-state index < -0.39 is 0 Å². The highest BCUT2D eigenvalue weighted by atomic mass is 79.9. The van der Waals surface area contributed by atoms with E-state index >= 15 is 0 Å². The Balaban J connectivity index is 1.41. The highest BCUT2D eigenvalue weighted by Crippen LogP contribution is 2.38. The van der Waals surface area contributed by atoms with E-state index in [0.717, 1.165) is 23.7 Å². The second-order valence-electron chi connectivity index (χ2n) is 6.09. The molecule has 0 spiro atoms. The minimum Gasteiger partial charge on any atom is -0.373 e. The van der Waals surface area contributed by atoms with Gasteiger partial charge in [0.05, 0.1) is 17.2 Å². The summed E-state index contributed by atoms with van der Waals surface area (Å²) in [5.74, 6) is -0.215. The fourth-order valence-corrected chi connectivity index (χ4v) is 3.49. The fourth-order valence-electron chi connectivity index (χ4n) is 3.16. The Hall–Kier alpha value is -1.65. The van der Waals surface area contributed by atoms with Gasteiger partial charge in [0, 0.05) is 23.1 Å². The lowest BCUT2D eigenvalue weighted by molar-refractivity contribution is -0.0347. The van der Waals surface area contributed by atoms with E-state index in [2.05, 4.69) is 38.8 Å². The van der Waals surface area contributed by atoms with Gasteiger partial charge in [0.1, 0.15) is 5.82 Å². The Kier molecular flexibility index (Phi) is 3.95. The topological polar surface area (TPSA) is 14.2 Å². The minimum atomic E-state index is -0.215. The molecule has 1 aliphatic rings. The maximum Gasteiger partial charge on any atom is 0.138 e. The summed E-state index contributed by atoms with van der Waals surface area (Å²) < 4.78 is 22.3. The third-order valence-electron chi connectivity index (χ3n) is 4.55. The quantitative estimate of drug-likeness (QED) is 0.591. The summed E-state index contributed by atoms with van der Waals surface area (Å²) in [4.78, 5) is 0. The molecule has 3 aromatic rings. The third kappa shape index (κ3) is 2.93. The van der Waals surface area contributed by atoms with E-state index in [-0.39, 0.29) is 5.82 Å². The summed E-state index contributed by atoms with van der Waals surface area (Å²) in [6.45, 7) is 0.668. The molecule has 0 amide bonds. The van der Waals surface area contributed by atoms with Crippen LogP contribution in [-0.2, 0) is 11.3 Å². The van der Waals surface area contributed by atoms with Crippen molar-refractivity contribution in [1.29, 1.82) is 0 Å². The summed E-state index contributed by atoms with van der Waals surface area (Å²) >= 11 is 3.27. The lowest BCUT2D eigenvalue weighted by Gasteiger charge is -2.36. The van der Waals surface area contributed by atoms with E-state index in [1.54, 1.807) is 6.07 Å². The first-order chi connectivity index (χ1) is 11.2. The number of benzene rings is 2. The average Bonchev–Trinajstić information content (AvgIpc) is 2.90. The molecule has 2 aromatic carbocycles. The van der Waals surface area contributed by atoms with Crippen molar-refractivity contribution in [1.82, 2.24) is 4.57 Å². The zero-order chi connectivity index (χ0) is 15.8. The van der Waals surface area contributed by atoms with Crippen molar-refractivity contribution in [3.05, 3.63) is 70.6 Å². The number of nitrogens with zero attached hydrogens (tertiary/aromatic N) is 1. The van der Waals surface area contributed by atoms with Crippen LogP contribution >= 0.6 is 15.9 Å². The van der Waals surface area contributed by atoms with Gasteiger partial charge in [-0.15, -0.1) is 0 Å². The van der Waals surface area contributed by atoms with E-state index in [9.17, 15) is 4.39 Å². The highest BCUT2D eigenvalue weighted by molar-refractivity contribution is 9.10. The zero-order valence-electron chi connectivity index (χ0n) is 12.6. The fraction of sp³-hybridized carbons (Fsp3) is 0.263. The monoisotopic (exact) mass is 373 g/mol. The molecule has 23 heavy (non-hydrogen) atoms. The van der Waals surface area contributed by atoms with Crippen molar-refractivity contribution in [2.45, 2.75) is 31.6 Å². The summed E-state index contributed by atoms with van der Waals surface area (Å²) in [7, 11) is 0. The lowest BCUT2D eigenvalue weighted by atomic mass is 9.89. The maximum absolute atomic E-state index is 13.6. The zero-order valence-corrected chi connectivity index (χ0v) is 14.2. The number of rotatable bonds is 4. The Bertz CT molecular complexity index is 824. The summed E-state index contributed by atoms with van der Waals surface area (Å²) in [6.07, 6.45) is 4.37. The first-order valence-corrected chi connectivity index (χ1v) is 8.61. The average molecular weight is 374 g/mol. The van der Waals surface area contributed by atoms with Crippen molar-refractivity contribution in [2.24, 2.45) is 0 Å². The van der Waals surface area contributed by atoms with E-state index in [0.29, 0.717) is 23.2 Å². The first-order valence-electron chi connectivity index (χ1n) is 7.82. The molecule has 0 atom stereocenters. The van der Waals surface area contributed by atoms with Gasteiger partial charge in [-0.05, 0) is 52.5 Å². The van der Waals surface area contributed by atoms with Crippen LogP contribution in [0.4, 0.5) is 4.39 Å². The van der Waals surface area contributed by atoms with Crippen LogP contribution in [-0.4, -0.2) is 10.7 Å². The van der Waals surface area contributed by atoms with Crippen LogP contribution in [0.3, 0.4) is 0 Å². The van der Waals surface area contributed by atoms with E-state index in [1.807, 2.05) is 30.3 Å². The van der Waals surface area contributed by atoms with Crippen molar-refractivity contribution < 1.29 is 9.13 Å². The Morgan fingerprint density at radius 3 is 2.70 bits per heavy atom. The van der Waals surface area contributed by atoms with Crippen LogP contribution in [0.5, 0.6) is 0 Å². The number of ether oxygens (including phenoxy) is 1. The molecule has 118 valence electrons. The van der Waals surface area contributed by atoms with Gasteiger partial charge in [-0.2, -0.15) is 0 Å². The molecule has 0 saturated heterocycles. The van der Waals surface area contributed by atoms with Crippen molar-refractivity contribution in [3.8, 4) is 0 Å². The molecule has 1 heterocycles. The first kappa shape index (κ1) is 14.9. The van der Waals surface area contributed by atoms with Crippen molar-refractivity contribution >= 4 is 26.8 Å². The largest absolute Gasteiger partial charge is 0.373 e. The predicted octanol–water partition coefficient (Wildman–Crippen LogP) is 5.46. The second-order valence-corrected chi connectivity index (χ2v) is 6.95. The highest BCUT2D eigenvalue weighted by Gasteiger charge is 2.31. The van der Waals surface area contributed by atoms with Crippen molar-refractivity contribution in [3.63, 3.8) is 0 Å². The molecule has 2 nitrogen and oxygen atoms in total. The number of hydrogen-bond donors (Lipinski definition) is 0. The molecule has 4 rings (SSSR count). The van der Waals surface area contributed by atoms with E-state index in [4.69, 9.17) is 4.74 Å². The van der Waals surface area contributed by atoms with E-state index in [1.165, 1.54) is 5.56 Å². The summed E-state index contributed by atoms with van der Waals surface area (Å²) in [5.41, 5.74) is 2.28. The third-order valence-corrected chi connectivity index (χ3v) is 5.16. The smallest absolute Gasteiger partial charge is 0.138 e. The standard InChI is InChI=1S/C19H17BrFNO/c20-17-11-19-14(8-18(17)21)6-7-22(19)15-9-16(10-15)23-12-13-4-2-1-3-5-13/h1-8,11,15-16H,9-10,12H2. The van der Waals surface area contributed by atoms with Gasteiger partial charge in [0.25, 0.3) is 0 Å². The van der Waals surface area contributed by atoms with Crippen molar-refractivity contribution in [2.75, 3.05) is 0 Å². The van der Waals surface area contributed by atoms with Crippen LogP contribution in [0.1, 0.15) is 24.4 Å². The Morgan fingerprint density at radius 1 is 1.13 bits per heavy atom. The lowest BCUT2D eigenvalue weighted by Crippen LogP contribution is -2.32. The molecule has 0 unspecified atom stereocenters. The van der Waals surface area contributed by atoms with Crippen LogP contribution in [0, 0.1) is 5.82 Å². The molecular weight excluding hydrogens is 357 g/mol. The Labute approximate surface area is 143 Å². The molecule has 0 radical (unpaired) electrons. The number of aromatic nitrogens is 1. The molecule has 0 aliphatic heterocycles. The molecule has 1 saturated carbocycles. The number of hydrogen-bond acceptors (Lipinski definition) is 1. The second kappa shape index (κ2) is 6.10. The van der Waals surface area contributed by atoms with Gasteiger partial charge >= 0.3 is 0 Å². The van der Waals surface area contributed by atoms with Gasteiger partial charge in [-0.1, -0.05) is 30.3 Å². The Morgan fingerprint density at radius 2 is 1.91 bits per heavy atom. The van der Waals surface area contributed by atoms with Gasteiger partial charge in [0.2, 0.25) is 0 Å². The maximum atomic E-state index is 13.6. The molecule has 0 bridgehead atoms. The molecule has 1 fully saturated rings. The minimum absolute atomic E-state index is 0.215. The number of halogens is 2. The summed E-state index contributed by atoms with van der Waals surface area (Å²) in [6, 6.07) is 16.1. The van der Waals surface area contributed by atoms with Gasteiger partial charge < -0.3 is 9.30 Å². The summed E-state index contributed by atoms with van der Waals surface area (Å²) in [5, 5.41) is 0.944. The van der Waals surface area contributed by atoms with Crippen LogP contribution in [0.2, 0.25) is 0 Å². The number of fused-ring (bicyclic) bond motifs is 1. The molecule has 1 aromatic heterocycles. The predicted molar refractivity (Wildman–Crippen MR) is 92.9 cm³/mol. The molecule has 1 aliphatic carbocycles. The molecular formula is C19H17BrFNO. The SMILES string of the molecule is Fc1cc2ccn(C3CC(OCc4ccccc4)C3)c2cc1Br. The van der Waals surface area contributed by atoms with Gasteiger partial charge in [-0.3, -0.25) is 0 Å². The van der Waals surface area contributed by atoms with Gasteiger partial charge in [-0.25, -0.2) is 4.39 Å². The van der Waals surface area contributed by atoms with Gasteiger partial charge in [0.15, 0.2) is 0 Å². The normalized spacial score (nSPS) is 20.6. The van der Waals surface area contributed by atoms with Crippen LogP contribution in [0.15, 0.2) is 59.2 Å². The van der Waals surface area contributed by atoms with Crippen LogP contribution in [0.25, 0.3) is 10.9 Å². The molecule has 0 N–H and O–H groups in total. The molecule has 4 heteroatoms. The van der Waals surface area contributed by atoms with Crippen LogP contribution < -0.4 is 0 Å².